The highest BCUT2D eigenvalue weighted by Gasteiger charge is 2.45. The lowest BCUT2D eigenvalue weighted by molar-refractivity contribution is 0.0117. The minimum absolute atomic E-state index is 0.00241. The van der Waals surface area contributed by atoms with Crippen molar-refractivity contribution in [2.45, 2.75) is 32.2 Å². The van der Waals surface area contributed by atoms with Crippen molar-refractivity contribution in [3.63, 3.8) is 0 Å². The summed E-state index contributed by atoms with van der Waals surface area (Å²) in [6, 6.07) is -0.551. The highest BCUT2D eigenvalue weighted by atomic mass is 32.1. The number of esters is 1. The number of aromatic nitrogens is 1. The molecular formula is C12H14F2N2O3S. The highest BCUT2D eigenvalue weighted by Crippen LogP contribution is 2.32. The molecule has 1 amide bonds. The predicted molar refractivity (Wildman–Crippen MR) is 68.1 cm³/mol. The molecule has 1 atom stereocenters. The van der Waals surface area contributed by atoms with Crippen molar-refractivity contribution in [1.82, 2.24) is 9.88 Å². The number of rotatable bonds is 3. The maximum atomic E-state index is 13.3. The fraction of sp³-hybridized carbons (Fsp3) is 0.583. The molecule has 2 rings (SSSR count). The van der Waals surface area contributed by atoms with E-state index in [0.717, 1.165) is 16.2 Å². The van der Waals surface area contributed by atoms with Crippen LogP contribution in [-0.4, -0.2) is 46.9 Å². The van der Waals surface area contributed by atoms with Crippen LogP contribution >= 0.6 is 11.3 Å². The third-order valence-corrected chi connectivity index (χ3v) is 3.78. The Morgan fingerprint density at radius 2 is 2.30 bits per heavy atom. The van der Waals surface area contributed by atoms with Gasteiger partial charge in [-0.05, 0) is 13.8 Å². The Labute approximate surface area is 118 Å². The maximum Gasteiger partial charge on any atom is 0.367 e. The molecule has 0 spiro atoms. The van der Waals surface area contributed by atoms with Crippen molar-refractivity contribution in [2.75, 3.05) is 13.2 Å². The van der Waals surface area contributed by atoms with Crippen LogP contribution in [0.5, 0.6) is 0 Å². The average Bonchev–Trinajstić information content (AvgIpc) is 2.93. The molecular weight excluding hydrogens is 290 g/mol. The van der Waals surface area contributed by atoms with Gasteiger partial charge in [-0.15, -0.1) is 11.3 Å². The normalized spacial score (nSPS) is 21.0. The van der Waals surface area contributed by atoms with Crippen molar-refractivity contribution >= 4 is 23.2 Å². The smallest absolute Gasteiger partial charge is 0.367 e. The maximum absolute atomic E-state index is 13.3. The van der Waals surface area contributed by atoms with E-state index in [2.05, 4.69) is 4.98 Å². The second kappa shape index (κ2) is 5.43. The summed E-state index contributed by atoms with van der Waals surface area (Å²) in [6.45, 7) is 2.82. The third-order valence-electron chi connectivity index (χ3n) is 2.96. The first-order valence-electron chi connectivity index (χ1n) is 6.15. The second-order valence-corrected chi connectivity index (χ2v) is 5.46. The van der Waals surface area contributed by atoms with Crippen LogP contribution in [0.4, 0.5) is 8.78 Å². The zero-order valence-corrected chi connectivity index (χ0v) is 11.9. The standard InChI is InChI=1S/C12H14F2N2O3S/c1-3-19-11(18)9-15-8(5-20-9)10(17)16-6-12(13,14)4-7(16)2/h5,7H,3-4,6H2,1-2H3. The first kappa shape index (κ1) is 14.8. The van der Waals surface area contributed by atoms with Crippen LogP contribution in [0.25, 0.3) is 0 Å². The SMILES string of the molecule is CCOC(=O)c1nc(C(=O)N2CC(F)(F)CC2C)cs1. The molecule has 0 N–H and O–H groups in total. The molecule has 1 aliphatic heterocycles. The number of ether oxygens (including phenoxy) is 1. The molecule has 20 heavy (non-hydrogen) atoms. The molecule has 0 saturated carbocycles. The Balaban J connectivity index is 2.12. The fourth-order valence-corrected chi connectivity index (χ4v) is 2.77. The Morgan fingerprint density at radius 3 is 2.85 bits per heavy atom. The lowest BCUT2D eigenvalue weighted by Crippen LogP contribution is -2.35. The van der Waals surface area contributed by atoms with Gasteiger partial charge in [-0.25, -0.2) is 18.6 Å². The van der Waals surface area contributed by atoms with Gasteiger partial charge in [-0.1, -0.05) is 0 Å². The molecule has 0 aliphatic carbocycles. The fourth-order valence-electron chi connectivity index (χ4n) is 2.09. The van der Waals surface area contributed by atoms with Crippen LogP contribution in [0.1, 0.15) is 40.6 Å². The zero-order valence-electron chi connectivity index (χ0n) is 11.1. The molecule has 1 aliphatic rings. The van der Waals surface area contributed by atoms with E-state index in [1.807, 2.05) is 0 Å². The number of hydrogen-bond acceptors (Lipinski definition) is 5. The van der Waals surface area contributed by atoms with Gasteiger partial charge in [-0.2, -0.15) is 0 Å². The largest absolute Gasteiger partial charge is 0.461 e. The number of alkyl halides is 2. The summed E-state index contributed by atoms with van der Waals surface area (Å²) < 4.78 is 31.3. The summed E-state index contributed by atoms with van der Waals surface area (Å²) in [6.07, 6.45) is -0.354. The quantitative estimate of drug-likeness (QED) is 0.803. The Morgan fingerprint density at radius 1 is 1.60 bits per heavy atom. The summed E-state index contributed by atoms with van der Waals surface area (Å²) in [7, 11) is 0. The second-order valence-electron chi connectivity index (χ2n) is 4.60. The minimum atomic E-state index is -2.87. The summed E-state index contributed by atoms with van der Waals surface area (Å²) >= 11 is 0.965. The first-order valence-corrected chi connectivity index (χ1v) is 7.03. The van der Waals surface area contributed by atoms with E-state index in [4.69, 9.17) is 4.74 Å². The van der Waals surface area contributed by atoms with Crippen LogP contribution in [0.2, 0.25) is 0 Å². The number of amides is 1. The lowest BCUT2D eigenvalue weighted by atomic mass is 10.2. The number of hydrogen-bond donors (Lipinski definition) is 0. The molecule has 1 fully saturated rings. The van der Waals surface area contributed by atoms with E-state index in [-0.39, 0.29) is 23.7 Å². The highest BCUT2D eigenvalue weighted by molar-refractivity contribution is 7.11. The summed E-state index contributed by atoms with van der Waals surface area (Å²) in [5, 5.41) is 1.44. The molecule has 2 heterocycles. The molecule has 1 saturated heterocycles. The van der Waals surface area contributed by atoms with Crippen molar-refractivity contribution in [3.8, 4) is 0 Å². The van der Waals surface area contributed by atoms with Gasteiger partial charge in [0, 0.05) is 17.8 Å². The van der Waals surface area contributed by atoms with Crippen LogP contribution < -0.4 is 0 Å². The van der Waals surface area contributed by atoms with Crippen LogP contribution in [0.15, 0.2) is 5.38 Å². The Bertz CT molecular complexity index is 533. The van der Waals surface area contributed by atoms with Crippen molar-refractivity contribution < 1.29 is 23.1 Å². The van der Waals surface area contributed by atoms with Gasteiger partial charge in [0.1, 0.15) is 5.69 Å². The van der Waals surface area contributed by atoms with E-state index in [1.165, 1.54) is 5.38 Å². The Kier molecular flexibility index (Phi) is 4.03. The molecule has 0 bridgehead atoms. The van der Waals surface area contributed by atoms with Gasteiger partial charge >= 0.3 is 5.97 Å². The van der Waals surface area contributed by atoms with Crippen LogP contribution in [-0.2, 0) is 4.74 Å². The van der Waals surface area contributed by atoms with Crippen LogP contribution in [0, 0.1) is 0 Å². The minimum Gasteiger partial charge on any atom is -0.461 e. The van der Waals surface area contributed by atoms with Gasteiger partial charge in [0.15, 0.2) is 0 Å². The van der Waals surface area contributed by atoms with Gasteiger partial charge in [0.25, 0.3) is 11.8 Å². The number of carbonyl (C=O) groups excluding carboxylic acids is 2. The van der Waals surface area contributed by atoms with E-state index in [9.17, 15) is 18.4 Å². The number of carbonyl (C=O) groups is 2. The number of thiazole rings is 1. The number of halogens is 2. The van der Waals surface area contributed by atoms with Crippen LogP contribution in [0.3, 0.4) is 0 Å². The topological polar surface area (TPSA) is 59.5 Å². The van der Waals surface area contributed by atoms with E-state index >= 15 is 0 Å². The first-order chi connectivity index (χ1) is 9.34. The predicted octanol–water partition coefficient (Wildman–Crippen LogP) is 2.19. The number of likely N-dealkylation sites (tertiary alicyclic amines) is 1. The van der Waals surface area contributed by atoms with E-state index in [0.29, 0.717) is 0 Å². The molecule has 0 radical (unpaired) electrons. The molecule has 1 aromatic rings. The summed E-state index contributed by atoms with van der Waals surface area (Å²) in [5.74, 6) is -4.06. The van der Waals surface area contributed by atoms with Crippen molar-refractivity contribution in [1.29, 1.82) is 0 Å². The molecule has 0 aromatic carbocycles. The van der Waals surface area contributed by atoms with Gasteiger partial charge in [-0.3, -0.25) is 4.79 Å². The van der Waals surface area contributed by atoms with Crippen molar-refractivity contribution in [3.05, 3.63) is 16.1 Å². The molecule has 1 unspecified atom stereocenters. The summed E-state index contributed by atoms with van der Waals surface area (Å²) in [4.78, 5) is 28.5. The lowest BCUT2D eigenvalue weighted by Gasteiger charge is -2.19. The summed E-state index contributed by atoms with van der Waals surface area (Å²) in [5.41, 5.74) is 0.00241. The molecule has 1 aromatic heterocycles. The monoisotopic (exact) mass is 304 g/mol. The van der Waals surface area contributed by atoms with Gasteiger partial charge < -0.3 is 9.64 Å². The average molecular weight is 304 g/mol. The third kappa shape index (κ3) is 2.95. The van der Waals surface area contributed by atoms with Gasteiger partial charge in [0.2, 0.25) is 5.01 Å². The Hall–Kier alpha value is -1.57. The molecule has 5 nitrogen and oxygen atoms in total. The van der Waals surface area contributed by atoms with Gasteiger partial charge in [0.05, 0.1) is 13.2 Å². The van der Waals surface area contributed by atoms with Crippen molar-refractivity contribution in [2.24, 2.45) is 0 Å². The zero-order chi connectivity index (χ0) is 14.9. The van der Waals surface area contributed by atoms with E-state index < -0.39 is 30.4 Å². The molecule has 110 valence electrons. The number of nitrogens with zero attached hydrogens (tertiary/aromatic N) is 2. The molecule has 8 heteroatoms. The van der Waals surface area contributed by atoms with E-state index in [1.54, 1.807) is 13.8 Å².